The number of rotatable bonds is 9. The molecule has 156 valence electrons. The van der Waals surface area contributed by atoms with E-state index in [9.17, 15) is 9.18 Å². The number of benzene rings is 2. The van der Waals surface area contributed by atoms with Crippen LogP contribution in [-0.2, 0) is 17.9 Å². The number of halogens is 1. The molecule has 0 aliphatic heterocycles. The summed E-state index contributed by atoms with van der Waals surface area (Å²) in [6.45, 7) is 3.12. The zero-order valence-electron chi connectivity index (χ0n) is 16.9. The minimum Gasteiger partial charge on any atom is -0.493 e. The molecule has 2 rings (SSSR count). The Balaban J connectivity index is 1.91. The van der Waals surface area contributed by atoms with Gasteiger partial charge in [-0.05, 0) is 30.7 Å². The molecule has 2 aromatic carbocycles. The molecule has 2 aromatic rings. The van der Waals surface area contributed by atoms with Crippen molar-refractivity contribution in [2.75, 3.05) is 27.3 Å². The van der Waals surface area contributed by atoms with Crippen molar-refractivity contribution in [1.29, 1.82) is 0 Å². The number of guanidine groups is 1. The number of carbonyl (C=O) groups excluding carboxylic acids is 1. The maximum absolute atomic E-state index is 13.7. The Hall–Kier alpha value is -3.29. The molecule has 0 fully saturated rings. The summed E-state index contributed by atoms with van der Waals surface area (Å²) >= 11 is 0. The van der Waals surface area contributed by atoms with Crippen molar-refractivity contribution >= 4 is 11.9 Å². The fourth-order valence-corrected chi connectivity index (χ4v) is 2.56. The largest absolute Gasteiger partial charge is 0.493 e. The topological polar surface area (TPSA) is 84.0 Å². The maximum Gasteiger partial charge on any atom is 0.257 e. The molecule has 0 heterocycles. The number of methoxy groups -OCH3 is 1. The fraction of sp³-hybridized carbons (Fsp3) is 0.333. The normalized spacial score (nSPS) is 11.0. The first kappa shape index (κ1) is 22.0. The van der Waals surface area contributed by atoms with Gasteiger partial charge in [-0.25, -0.2) is 4.39 Å². The van der Waals surface area contributed by atoms with E-state index in [1.54, 1.807) is 38.4 Å². The van der Waals surface area contributed by atoms with E-state index in [0.717, 1.165) is 5.56 Å². The average Bonchev–Trinajstić information content (AvgIpc) is 2.74. The van der Waals surface area contributed by atoms with Gasteiger partial charge in [-0.1, -0.05) is 24.3 Å². The summed E-state index contributed by atoms with van der Waals surface area (Å²) in [5.74, 6) is 1.12. The molecule has 0 unspecified atom stereocenters. The third-order valence-corrected chi connectivity index (χ3v) is 4.05. The van der Waals surface area contributed by atoms with Crippen LogP contribution < -0.4 is 25.4 Å². The van der Waals surface area contributed by atoms with E-state index in [1.807, 2.05) is 19.1 Å². The van der Waals surface area contributed by atoms with Crippen LogP contribution >= 0.6 is 0 Å². The summed E-state index contributed by atoms with van der Waals surface area (Å²) in [7, 11) is 3.19. The first-order chi connectivity index (χ1) is 14.1. The molecule has 0 saturated carbocycles. The molecule has 8 heteroatoms. The molecule has 0 aromatic heterocycles. The van der Waals surface area contributed by atoms with E-state index >= 15 is 0 Å². The second-order valence-electron chi connectivity index (χ2n) is 6.10. The molecule has 0 saturated heterocycles. The van der Waals surface area contributed by atoms with Gasteiger partial charge in [0.15, 0.2) is 24.1 Å². The predicted molar refractivity (Wildman–Crippen MR) is 111 cm³/mol. The zero-order chi connectivity index (χ0) is 21.1. The predicted octanol–water partition coefficient (Wildman–Crippen LogP) is 2.21. The Morgan fingerprint density at radius 2 is 1.83 bits per heavy atom. The van der Waals surface area contributed by atoms with Crippen molar-refractivity contribution in [2.24, 2.45) is 4.99 Å². The minimum atomic E-state index is -0.261. The average molecular weight is 402 g/mol. The van der Waals surface area contributed by atoms with Crippen molar-refractivity contribution in [2.45, 2.75) is 20.0 Å². The van der Waals surface area contributed by atoms with Gasteiger partial charge in [0, 0.05) is 32.2 Å². The number of likely N-dealkylation sites (N-methyl/N-ethyl adjacent to an activating group) is 1. The molecule has 3 N–H and O–H groups in total. The molecule has 0 aliphatic rings. The molecule has 0 spiro atoms. The second-order valence-corrected chi connectivity index (χ2v) is 6.10. The van der Waals surface area contributed by atoms with E-state index in [2.05, 4.69) is 20.9 Å². The van der Waals surface area contributed by atoms with Crippen LogP contribution in [-0.4, -0.2) is 39.2 Å². The number of ether oxygens (including phenoxy) is 2. The molecule has 0 radical (unpaired) electrons. The Morgan fingerprint density at radius 1 is 1.07 bits per heavy atom. The Labute approximate surface area is 170 Å². The highest BCUT2D eigenvalue weighted by atomic mass is 19.1. The number of aliphatic imine (C=N–C) groups is 1. The molecular formula is C21H27FN4O3. The molecule has 29 heavy (non-hydrogen) atoms. The quantitative estimate of drug-likeness (QED) is 0.443. The van der Waals surface area contributed by atoms with Crippen LogP contribution in [0.5, 0.6) is 11.5 Å². The van der Waals surface area contributed by atoms with Crippen molar-refractivity contribution in [1.82, 2.24) is 16.0 Å². The highest BCUT2D eigenvalue weighted by Crippen LogP contribution is 2.28. The first-order valence-corrected chi connectivity index (χ1v) is 9.31. The van der Waals surface area contributed by atoms with E-state index in [1.165, 1.54) is 6.07 Å². The Kier molecular flexibility index (Phi) is 8.75. The lowest BCUT2D eigenvalue weighted by molar-refractivity contribution is -0.123. The van der Waals surface area contributed by atoms with Crippen molar-refractivity contribution < 1.29 is 18.7 Å². The van der Waals surface area contributed by atoms with Gasteiger partial charge >= 0.3 is 0 Å². The Bertz CT molecular complexity index is 842. The number of carbonyl (C=O) groups is 1. The van der Waals surface area contributed by atoms with Crippen LogP contribution in [0, 0.1) is 5.82 Å². The van der Waals surface area contributed by atoms with Gasteiger partial charge in [0.05, 0.1) is 7.11 Å². The lowest BCUT2D eigenvalue weighted by atomic mass is 10.2. The number of hydrogen-bond acceptors (Lipinski definition) is 4. The van der Waals surface area contributed by atoms with Crippen LogP contribution in [0.25, 0.3) is 0 Å². The summed E-state index contributed by atoms with van der Waals surface area (Å²) in [4.78, 5) is 15.7. The van der Waals surface area contributed by atoms with E-state index < -0.39 is 0 Å². The monoisotopic (exact) mass is 402 g/mol. The minimum absolute atomic E-state index is 0.0750. The van der Waals surface area contributed by atoms with Crippen LogP contribution in [0.1, 0.15) is 18.1 Å². The van der Waals surface area contributed by atoms with Gasteiger partial charge in [-0.2, -0.15) is 0 Å². The van der Waals surface area contributed by atoms with Gasteiger partial charge < -0.3 is 25.4 Å². The summed E-state index contributed by atoms with van der Waals surface area (Å²) in [6.07, 6.45) is 0. The van der Waals surface area contributed by atoms with Gasteiger partial charge in [0.2, 0.25) is 0 Å². The highest BCUT2D eigenvalue weighted by molar-refractivity contribution is 5.79. The van der Waals surface area contributed by atoms with Gasteiger partial charge in [0.1, 0.15) is 5.82 Å². The van der Waals surface area contributed by atoms with E-state index in [0.29, 0.717) is 42.7 Å². The van der Waals surface area contributed by atoms with Crippen LogP contribution in [0.3, 0.4) is 0 Å². The Morgan fingerprint density at radius 3 is 2.52 bits per heavy atom. The first-order valence-electron chi connectivity index (χ1n) is 9.31. The number of amides is 1. The maximum atomic E-state index is 13.7. The SMILES string of the molecule is CCNC(=O)COc1ccc(CNC(=NC)NCc2ccccc2F)cc1OC. The smallest absolute Gasteiger partial charge is 0.257 e. The third kappa shape index (κ3) is 6.99. The number of nitrogens with zero attached hydrogens (tertiary/aromatic N) is 1. The highest BCUT2D eigenvalue weighted by Gasteiger charge is 2.09. The summed E-state index contributed by atoms with van der Waals surface area (Å²) < 4.78 is 24.6. The molecular weight excluding hydrogens is 375 g/mol. The zero-order valence-corrected chi connectivity index (χ0v) is 16.9. The summed E-state index contributed by atoms with van der Waals surface area (Å²) in [6, 6.07) is 12.0. The number of hydrogen-bond donors (Lipinski definition) is 3. The molecule has 0 atom stereocenters. The van der Waals surface area contributed by atoms with Gasteiger partial charge in [-0.15, -0.1) is 0 Å². The third-order valence-electron chi connectivity index (χ3n) is 4.05. The fourth-order valence-electron chi connectivity index (χ4n) is 2.56. The van der Waals surface area contributed by atoms with Gasteiger partial charge in [-0.3, -0.25) is 9.79 Å². The van der Waals surface area contributed by atoms with Crippen molar-refractivity contribution in [3.05, 3.63) is 59.4 Å². The molecule has 0 bridgehead atoms. The van der Waals surface area contributed by atoms with Gasteiger partial charge in [0.25, 0.3) is 5.91 Å². The van der Waals surface area contributed by atoms with Crippen LogP contribution in [0.2, 0.25) is 0 Å². The van der Waals surface area contributed by atoms with Crippen LogP contribution in [0.4, 0.5) is 4.39 Å². The van der Waals surface area contributed by atoms with Crippen molar-refractivity contribution in [3.8, 4) is 11.5 Å². The standard InChI is InChI=1S/C21H27FN4O3/c1-4-24-20(27)14-29-18-10-9-15(11-19(18)28-3)12-25-21(23-2)26-13-16-7-5-6-8-17(16)22/h5-11H,4,12-14H2,1-3H3,(H,24,27)(H2,23,25,26). The molecule has 7 nitrogen and oxygen atoms in total. The van der Waals surface area contributed by atoms with E-state index in [4.69, 9.17) is 9.47 Å². The lowest BCUT2D eigenvalue weighted by Crippen LogP contribution is -2.36. The van der Waals surface area contributed by atoms with E-state index in [-0.39, 0.29) is 18.3 Å². The second kappa shape index (κ2) is 11.5. The van der Waals surface area contributed by atoms with Crippen molar-refractivity contribution in [3.63, 3.8) is 0 Å². The molecule has 1 amide bonds. The lowest BCUT2D eigenvalue weighted by Gasteiger charge is -2.14. The number of nitrogens with one attached hydrogen (secondary N) is 3. The summed E-state index contributed by atoms with van der Waals surface area (Å²) in [5.41, 5.74) is 1.49. The summed E-state index contributed by atoms with van der Waals surface area (Å²) in [5, 5.41) is 8.92. The molecule has 0 aliphatic carbocycles. The van der Waals surface area contributed by atoms with Crippen LogP contribution in [0.15, 0.2) is 47.5 Å².